The summed E-state index contributed by atoms with van der Waals surface area (Å²) in [6.45, 7) is 8.13. The van der Waals surface area contributed by atoms with Gasteiger partial charge in [-0.05, 0) is 68.9 Å². The molecule has 0 unspecified atom stereocenters. The Kier molecular flexibility index (Phi) is 5.92. The molecule has 0 spiro atoms. The van der Waals surface area contributed by atoms with E-state index in [1.165, 1.54) is 5.69 Å². The van der Waals surface area contributed by atoms with Crippen molar-refractivity contribution in [2.45, 2.75) is 13.8 Å². The molecule has 1 aliphatic heterocycles. The number of anilines is 2. The van der Waals surface area contributed by atoms with Gasteiger partial charge < -0.3 is 15.1 Å². The Morgan fingerprint density at radius 3 is 2.33 bits per heavy atom. The Morgan fingerprint density at radius 1 is 1.00 bits per heavy atom. The number of carbonyl (C=O) groups excluding carboxylic acids is 1. The number of aromatic nitrogens is 2. The van der Waals surface area contributed by atoms with Gasteiger partial charge in [-0.15, -0.1) is 0 Å². The summed E-state index contributed by atoms with van der Waals surface area (Å²) in [5, 5.41) is 7.46. The average molecular weight is 468 g/mol. The van der Waals surface area contributed by atoms with E-state index in [-0.39, 0.29) is 5.91 Å². The molecule has 1 saturated heterocycles. The minimum Gasteiger partial charge on any atom is -0.369 e. The molecule has 6 nitrogen and oxygen atoms in total. The third-order valence-electron chi connectivity index (χ3n) is 5.65. The van der Waals surface area contributed by atoms with Gasteiger partial charge in [0.15, 0.2) is 0 Å². The SMILES string of the molecule is Cc1cc(N2CCN(C)CC2)ccc1NC(=O)c1cnn(-c2ccc(Br)cc2)c1C. The second-order valence-corrected chi connectivity index (χ2v) is 8.69. The van der Waals surface area contributed by atoms with Gasteiger partial charge in [-0.25, -0.2) is 4.68 Å². The largest absolute Gasteiger partial charge is 0.369 e. The Morgan fingerprint density at radius 2 is 1.67 bits per heavy atom. The number of aryl methyl sites for hydroxylation is 1. The lowest BCUT2D eigenvalue weighted by molar-refractivity contribution is 0.102. The number of halogens is 1. The van der Waals surface area contributed by atoms with Gasteiger partial charge in [-0.3, -0.25) is 4.79 Å². The zero-order valence-corrected chi connectivity index (χ0v) is 19.1. The van der Waals surface area contributed by atoms with Crippen molar-refractivity contribution in [3.8, 4) is 5.69 Å². The summed E-state index contributed by atoms with van der Waals surface area (Å²) in [7, 11) is 2.15. The number of amides is 1. The van der Waals surface area contributed by atoms with Gasteiger partial charge in [-0.1, -0.05) is 15.9 Å². The quantitative estimate of drug-likeness (QED) is 0.622. The molecule has 0 radical (unpaired) electrons. The first-order valence-electron chi connectivity index (χ1n) is 10.1. The van der Waals surface area contributed by atoms with Crippen LogP contribution in [0.1, 0.15) is 21.6 Å². The van der Waals surface area contributed by atoms with Gasteiger partial charge in [0.05, 0.1) is 23.1 Å². The molecule has 0 atom stereocenters. The number of piperazine rings is 1. The summed E-state index contributed by atoms with van der Waals surface area (Å²) in [5.41, 5.74) is 5.38. The average Bonchev–Trinajstić information content (AvgIpc) is 3.12. The maximum atomic E-state index is 12.9. The van der Waals surface area contributed by atoms with Gasteiger partial charge in [0.1, 0.15) is 0 Å². The van der Waals surface area contributed by atoms with E-state index in [2.05, 4.69) is 55.3 Å². The molecule has 3 aromatic rings. The third kappa shape index (κ3) is 4.27. The maximum Gasteiger partial charge on any atom is 0.259 e. The van der Waals surface area contributed by atoms with Crippen LogP contribution in [0.15, 0.2) is 53.1 Å². The summed E-state index contributed by atoms with van der Waals surface area (Å²) >= 11 is 3.44. The number of nitrogens with one attached hydrogen (secondary N) is 1. The van der Waals surface area contributed by atoms with Crippen LogP contribution in [0.25, 0.3) is 5.69 Å². The van der Waals surface area contributed by atoms with Crippen LogP contribution in [-0.4, -0.2) is 53.8 Å². The topological polar surface area (TPSA) is 53.4 Å². The van der Waals surface area contributed by atoms with Gasteiger partial charge in [0.25, 0.3) is 5.91 Å². The molecule has 1 amide bonds. The normalized spacial score (nSPS) is 14.7. The second kappa shape index (κ2) is 8.62. The van der Waals surface area contributed by atoms with E-state index in [1.54, 1.807) is 10.9 Å². The first-order valence-corrected chi connectivity index (χ1v) is 10.9. The number of carbonyl (C=O) groups is 1. The van der Waals surface area contributed by atoms with Crippen LogP contribution in [0.4, 0.5) is 11.4 Å². The van der Waals surface area contributed by atoms with Crippen molar-refractivity contribution < 1.29 is 4.79 Å². The smallest absolute Gasteiger partial charge is 0.259 e. The predicted octanol–water partition coefficient (Wildman–Crippen LogP) is 4.26. The molecule has 156 valence electrons. The molecule has 1 N–H and O–H groups in total. The Hall–Kier alpha value is -2.64. The van der Waals surface area contributed by atoms with E-state index >= 15 is 0 Å². The monoisotopic (exact) mass is 467 g/mol. The Labute approximate surface area is 185 Å². The van der Waals surface area contributed by atoms with Crippen LogP contribution in [0.2, 0.25) is 0 Å². The van der Waals surface area contributed by atoms with Crippen molar-refractivity contribution in [3.05, 3.63) is 70.0 Å². The molecule has 1 aliphatic rings. The Bertz CT molecular complexity index is 1050. The van der Waals surface area contributed by atoms with Crippen LogP contribution in [-0.2, 0) is 0 Å². The molecular formula is C23H26BrN5O. The summed E-state index contributed by atoms with van der Waals surface area (Å²) in [5.74, 6) is -0.147. The third-order valence-corrected chi connectivity index (χ3v) is 6.18. The van der Waals surface area contributed by atoms with Crippen molar-refractivity contribution in [1.82, 2.24) is 14.7 Å². The number of nitrogens with zero attached hydrogens (tertiary/aromatic N) is 4. The van der Waals surface area contributed by atoms with Gasteiger partial charge in [0, 0.05) is 42.0 Å². The van der Waals surface area contributed by atoms with Crippen LogP contribution in [0.3, 0.4) is 0 Å². The first-order chi connectivity index (χ1) is 14.4. The highest BCUT2D eigenvalue weighted by Crippen LogP contribution is 2.25. The van der Waals surface area contributed by atoms with Gasteiger partial charge >= 0.3 is 0 Å². The minimum absolute atomic E-state index is 0.147. The van der Waals surface area contributed by atoms with Gasteiger partial charge in [0.2, 0.25) is 0 Å². The minimum atomic E-state index is -0.147. The first kappa shape index (κ1) is 20.6. The Balaban J connectivity index is 1.49. The fraction of sp³-hybridized carbons (Fsp3) is 0.304. The number of likely N-dealkylation sites (N-methyl/N-ethyl adjacent to an activating group) is 1. The number of hydrogen-bond donors (Lipinski definition) is 1. The fourth-order valence-electron chi connectivity index (χ4n) is 3.71. The molecule has 0 saturated carbocycles. The van der Waals surface area contributed by atoms with Crippen molar-refractivity contribution in [1.29, 1.82) is 0 Å². The molecule has 2 aromatic carbocycles. The van der Waals surface area contributed by atoms with E-state index < -0.39 is 0 Å². The predicted molar refractivity (Wildman–Crippen MR) is 125 cm³/mol. The van der Waals surface area contributed by atoms with E-state index in [4.69, 9.17) is 0 Å². The van der Waals surface area contributed by atoms with E-state index in [1.807, 2.05) is 44.2 Å². The highest BCUT2D eigenvalue weighted by atomic mass is 79.9. The summed E-state index contributed by atoms with van der Waals surface area (Å²) < 4.78 is 2.79. The summed E-state index contributed by atoms with van der Waals surface area (Å²) in [6.07, 6.45) is 1.63. The molecule has 7 heteroatoms. The van der Waals surface area contributed by atoms with Crippen molar-refractivity contribution >= 4 is 33.2 Å². The van der Waals surface area contributed by atoms with Crippen LogP contribution in [0, 0.1) is 13.8 Å². The fourth-order valence-corrected chi connectivity index (χ4v) is 3.98. The van der Waals surface area contributed by atoms with Crippen LogP contribution in [0.5, 0.6) is 0 Å². The lowest BCUT2D eigenvalue weighted by atomic mass is 10.1. The van der Waals surface area contributed by atoms with Crippen molar-refractivity contribution in [2.75, 3.05) is 43.4 Å². The molecule has 2 heterocycles. The van der Waals surface area contributed by atoms with Crippen molar-refractivity contribution in [3.63, 3.8) is 0 Å². The van der Waals surface area contributed by atoms with Crippen LogP contribution < -0.4 is 10.2 Å². The maximum absolute atomic E-state index is 12.9. The highest BCUT2D eigenvalue weighted by molar-refractivity contribution is 9.10. The number of hydrogen-bond acceptors (Lipinski definition) is 4. The number of rotatable bonds is 4. The standard InChI is InChI=1S/C23H26BrN5O/c1-16-14-20(28-12-10-27(3)11-13-28)8-9-22(16)26-23(30)21-15-25-29(17(21)2)19-6-4-18(24)5-7-19/h4-9,14-15H,10-13H2,1-3H3,(H,26,30). The second-order valence-electron chi connectivity index (χ2n) is 7.78. The lowest BCUT2D eigenvalue weighted by Gasteiger charge is -2.34. The molecule has 0 bridgehead atoms. The summed E-state index contributed by atoms with van der Waals surface area (Å²) in [4.78, 5) is 17.7. The molecule has 4 rings (SSSR count). The van der Waals surface area contributed by atoms with E-state index in [0.29, 0.717) is 5.56 Å². The molecule has 1 aromatic heterocycles. The van der Waals surface area contributed by atoms with E-state index in [9.17, 15) is 4.79 Å². The molecular weight excluding hydrogens is 442 g/mol. The van der Waals surface area contributed by atoms with E-state index in [0.717, 1.165) is 53.3 Å². The summed E-state index contributed by atoms with van der Waals surface area (Å²) in [6, 6.07) is 14.1. The van der Waals surface area contributed by atoms with Crippen LogP contribution >= 0.6 is 15.9 Å². The molecule has 0 aliphatic carbocycles. The van der Waals surface area contributed by atoms with Crippen molar-refractivity contribution in [2.24, 2.45) is 0 Å². The zero-order valence-electron chi connectivity index (χ0n) is 17.5. The highest BCUT2D eigenvalue weighted by Gasteiger charge is 2.18. The molecule has 1 fully saturated rings. The number of benzene rings is 2. The zero-order chi connectivity index (χ0) is 21.3. The van der Waals surface area contributed by atoms with Gasteiger partial charge in [-0.2, -0.15) is 5.10 Å². The lowest BCUT2D eigenvalue weighted by Crippen LogP contribution is -2.44. The molecule has 30 heavy (non-hydrogen) atoms.